The van der Waals surface area contributed by atoms with E-state index >= 15 is 0 Å². The van der Waals surface area contributed by atoms with E-state index in [2.05, 4.69) is 42.9 Å². The van der Waals surface area contributed by atoms with E-state index in [9.17, 15) is 0 Å². The molecule has 0 aliphatic heterocycles. The fourth-order valence-electron chi connectivity index (χ4n) is 2.48. The summed E-state index contributed by atoms with van der Waals surface area (Å²) in [6.07, 6.45) is 9.25. The Labute approximate surface area is 124 Å². The molecule has 3 nitrogen and oxygen atoms in total. The van der Waals surface area contributed by atoms with Crippen molar-refractivity contribution in [2.24, 2.45) is 5.73 Å². The Morgan fingerprint density at radius 3 is 2.65 bits per heavy atom. The molecule has 0 aliphatic rings. The summed E-state index contributed by atoms with van der Waals surface area (Å²) in [5.41, 5.74) is 7.31. The Morgan fingerprint density at radius 2 is 2.05 bits per heavy atom. The van der Waals surface area contributed by atoms with Crippen molar-refractivity contribution in [3.8, 4) is 0 Å². The Bertz CT molecular complexity index is 353. The van der Waals surface area contributed by atoms with Gasteiger partial charge in [-0.2, -0.15) is 0 Å². The number of unbranched alkanes of at least 4 members (excludes halogenated alkanes) is 3. The number of nitrogens with two attached hydrogens (primary N) is 1. The van der Waals surface area contributed by atoms with Crippen LogP contribution in [0.15, 0.2) is 24.4 Å². The number of hydrogen-bond acceptors (Lipinski definition) is 3. The van der Waals surface area contributed by atoms with E-state index in [0.717, 1.165) is 25.2 Å². The third-order valence-corrected chi connectivity index (χ3v) is 4.36. The van der Waals surface area contributed by atoms with Gasteiger partial charge in [-0.25, -0.2) is 0 Å². The van der Waals surface area contributed by atoms with Gasteiger partial charge in [-0.15, -0.1) is 0 Å². The van der Waals surface area contributed by atoms with Crippen molar-refractivity contribution in [2.45, 2.75) is 57.9 Å². The van der Waals surface area contributed by atoms with Gasteiger partial charge in [-0.05, 0) is 32.5 Å². The van der Waals surface area contributed by atoms with Crippen LogP contribution in [-0.2, 0) is 6.42 Å². The molecule has 0 aliphatic carbocycles. The molecule has 0 saturated heterocycles. The third-order valence-electron chi connectivity index (χ3n) is 4.36. The van der Waals surface area contributed by atoms with Crippen molar-refractivity contribution in [3.05, 3.63) is 30.1 Å². The van der Waals surface area contributed by atoms with Gasteiger partial charge in [0.2, 0.25) is 0 Å². The van der Waals surface area contributed by atoms with Crippen LogP contribution in [0.4, 0.5) is 0 Å². The van der Waals surface area contributed by atoms with Crippen molar-refractivity contribution in [1.82, 2.24) is 9.88 Å². The second-order valence-electron chi connectivity index (χ2n) is 6.00. The molecule has 0 saturated carbocycles. The van der Waals surface area contributed by atoms with Gasteiger partial charge >= 0.3 is 0 Å². The van der Waals surface area contributed by atoms with E-state index in [0.29, 0.717) is 0 Å². The molecule has 3 heteroatoms. The van der Waals surface area contributed by atoms with Crippen LogP contribution in [0.25, 0.3) is 0 Å². The van der Waals surface area contributed by atoms with Crippen LogP contribution >= 0.6 is 0 Å². The van der Waals surface area contributed by atoms with Crippen LogP contribution < -0.4 is 5.73 Å². The molecule has 1 unspecified atom stereocenters. The van der Waals surface area contributed by atoms with E-state index in [1.165, 1.54) is 32.1 Å². The summed E-state index contributed by atoms with van der Waals surface area (Å²) >= 11 is 0. The highest BCUT2D eigenvalue weighted by Crippen LogP contribution is 2.21. The fourth-order valence-corrected chi connectivity index (χ4v) is 2.48. The smallest absolute Gasteiger partial charge is 0.0416 e. The molecule has 1 aromatic rings. The van der Waals surface area contributed by atoms with Gasteiger partial charge in [0.25, 0.3) is 0 Å². The van der Waals surface area contributed by atoms with Crippen molar-refractivity contribution in [2.75, 3.05) is 20.1 Å². The SMILES string of the molecule is CCCCCCC(C)(CN)N(C)CCc1ccccn1. The monoisotopic (exact) mass is 277 g/mol. The first-order chi connectivity index (χ1) is 9.62. The number of nitrogens with zero attached hydrogens (tertiary/aromatic N) is 2. The van der Waals surface area contributed by atoms with E-state index in [4.69, 9.17) is 5.73 Å². The number of aromatic nitrogens is 1. The summed E-state index contributed by atoms with van der Waals surface area (Å²) in [7, 11) is 2.19. The molecule has 20 heavy (non-hydrogen) atoms. The lowest BCUT2D eigenvalue weighted by Crippen LogP contribution is -2.50. The lowest BCUT2D eigenvalue weighted by Gasteiger charge is -2.38. The minimum Gasteiger partial charge on any atom is -0.329 e. The Hall–Kier alpha value is -0.930. The van der Waals surface area contributed by atoms with E-state index in [1.54, 1.807) is 0 Å². The van der Waals surface area contributed by atoms with Crippen molar-refractivity contribution in [3.63, 3.8) is 0 Å². The van der Waals surface area contributed by atoms with Crippen LogP contribution in [0.3, 0.4) is 0 Å². The topological polar surface area (TPSA) is 42.1 Å². The van der Waals surface area contributed by atoms with Crippen molar-refractivity contribution in [1.29, 1.82) is 0 Å². The summed E-state index contributed by atoms with van der Waals surface area (Å²) in [6, 6.07) is 6.11. The molecule has 1 rings (SSSR count). The zero-order valence-corrected chi connectivity index (χ0v) is 13.4. The highest BCUT2D eigenvalue weighted by molar-refractivity contribution is 5.04. The maximum absolute atomic E-state index is 6.03. The summed E-state index contributed by atoms with van der Waals surface area (Å²) in [5.74, 6) is 0. The Kier molecular flexibility index (Phi) is 7.78. The maximum Gasteiger partial charge on any atom is 0.0416 e. The first-order valence-corrected chi connectivity index (χ1v) is 7.93. The molecular formula is C17H31N3. The van der Waals surface area contributed by atoms with E-state index in [1.807, 2.05) is 12.3 Å². The van der Waals surface area contributed by atoms with E-state index < -0.39 is 0 Å². The summed E-state index contributed by atoms with van der Waals surface area (Å²) < 4.78 is 0. The normalized spacial score (nSPS) is 14.4. The lowest BCUT2D eigenvalue weighted by atomic mass is 9.92. The number of hydrogen-bond donors (Lipinski definition) is 1. The molecule has 0 aromatic carbocycles. The largest absolute Gasteiger partial charge is 0.329 e. The predicted octanol–water partition coefficient (Wildman–Crippen LogP) is 3.24. The second kappa shape index (κ2) is 9.09. The van der Waals surface area contributed by atoms with Gasteiger partial charge in [-0.3, -0.25) is 9.88 Å². The summed E-state index contributed by atoms with van der Waals surface area (Å²) in [6.45, 7) is 6.27. The molecule has 0 spiro atoms. The molecule has 2 N–H and O–H groups in total. The standard InChI is InChI=1S/C17H31N3/c1-4-5-6-8-12-17(2,15-18)20(3)14-11-16-10-7-9-13-19-16/h7,9-10,13H,4-6,8,11-12,14-15,18H2,1-3H3. The lowest BCUT2D eigenvalue weighted by molar-refractivity contribution is 0.131. The maximum atomic E-state index is 6.03. The summed E-state index contributed by atoms with van der Waals surface area (Å²) in [4.78, 5) is 6.80. The minimum atomic E-state index is 0.114. The van der Waals surface area contributed by atoms with Gasteiger partial charge in [0.05, 0.1) is 0 Å². The molecule has 1 heterocycles. The van der Waals surface area contributed by atoms with Gasteiger partial charge in [0.15, 0.2) is 0 Å². The zero-order valence-electron chi connectivity index (χ0n) is 13.4. The van der Waals surface area contributed by atoms with Gasteiger partial charge in [0.1, 0.15) is 0 Å². The molecule has 1 atom stereocenters. The number of rotatable bonds is 10. The van der Waals surface area contributed by atoms with Gasteiger partial charge < -0.3 is 5.73 Å². The fraction of sp³-hybridized carbons (Fsp3) is 0.706. The Morgan fingerprint density at radius 1 is 1.25 bits per heavy atom. The number of pyridine rings is 1. The third kappa shape index (κ3) is 5.59. The molecule has 0 amide bonds. The molecule has 114 valence electrons. The first kappa shape index (κ1) is 17.1. The Balaban J connectivity index is 2.42. The second-order valence-corrected chi connectivity index (χ2v) is 6.00. The van der Waals surface area contributed by atoms with Crippen molar-refractivity contribution >= 4 is 0 Å². The molecule has 0 fully saturated rings. The number of likely N-dealkylation sites (N-methyl/N-ethyl adjacent to an activating group) is 1. The van der Waals surface area contributed by atoms with Gasteiger partial charge in [0, 0.05) is 36.9 Å². The molecule has 1 aromatic heterocycles. The first-order valence-electron chi connectivity index (χ1n) is 7.93. The van der Waals surface area contributed by atoms with Gasteiger partial charge in [-0.1, -0.05) is 38.7 Å². The molecule has 0 bridgehead atoms. The average molecular weight is 277 g/mol. The molecule has 0 radical (unpaired) electrons. The highest BCUT2D eigenvalue weighted by atomic mass is 15.2. The van der Waals surface area contributed by atoms with Crippen LogP contribution in [0.1, 0.15) is 51.6 Å². The van der Waals surface area contributed by atoms with Crippen LogP contribution in [0.2, 0.25) is 0 Å². The summed E-state index contributed by atoms with van der Waals surface area (Å²) in [5, 5.41) is 0. The quantitative estimate of drug-likeness (QED) is 0.668. The van der Waals surface area contributed by atoms with Crippen LogP contribution in [-0.4, -0.2) is 35.6 Å². The van der Waals surface area contributed by atoms with Crippen LogP contribution in [0.5, 0.6) is 0 Å². The zero-order chi connectivity index (χ0) is 14.8. The van der Waals surface area contributed by atoms with Crippen LogP contribution in [0, 0.1) is 0 Å². The van der Waals surface area contributed by atoms with E-state index in [-0.39, 0.29) is 5.54 Å². The predicted molar refractivity (Wildman–Crippen MR) is 86.8 cm³/mol. The minimum absolute atomic E-state index is 0.114. The molecular weight excluding hydrogens is 246 g/mol. The average Bonchev–Trinajstić information content (AvgIpc) is 2.50. The highest BCUT2D eigenvalue weighted by Gasteiger charge is 2.26. The van der Waals surface area contributed by atoms with Crippen molar-refractivity contribution < 1.29 is 0 Å².